The van der Waals surface area contributed by atoms with E-state index in [0.717, 1.165) is 24.2 Å². The second-order valence-corrected chi connectivity index (χ2v) is 6.30. The molecule has 0 bridgehead atoms. The van der Waals surface area contributed by atoms with E-state index in [9.17, 15) is 9.18 Å². The van der Waals surface area contributed by atoms with E-state index in [0.29, 0.717) is 11.5 Å². The third-order valence-corrected chi connectivity index (χ3v) is 4.47. The molecular weight excluding hydrogens is 321 g/mol. The summed E-state index contributed by atoms with van der Waals surface area (Å²) in [7, 11) is 3.04. The minimum atomic E-state index is -0.457. The molecular formula is C20H22FNO3. The fourth-order valence-electron chi connectivity index (χ4n) is 2.94. The van der Waals surface area contributed by atoms with Crippen molar-refractivity contribution in [2.45, 2.75) is 25.3 Å². The Hall–Kier alpha value is -2.56. The molecule has 1 aliphatic carbocycles. The average molecular weight is 343 g/mol. The van der Waals surface area contributed by atoms with Crippen LogP contribution < -0.4 is 14.8 Å². The van der Waals surface area contributed by atoms with Crippen LogP contribution >= 0.6 is 0 Å². The lowest BCUT2D eigenvalue weighted by Crippen LogP contribution is -2.31. The number of ether oxygens (including phenoxy) is 2. The summed E-state index contributed by atoms with van der Waals surface area (Å²) in [5.74, 6) is 0.862. The molecule has 25 heavy (non-hydrogen) atoms. The third kappa shape index (κ3) is 4.29. The molecule has 1 atom stereocenters. The van der Waals surface area contributed by atoms with Crippen molar-refractivity contribution in [3.63, 3.8) is 0 Å². The summed E-state index contributed by atoms with van der Waals surface area (Å²) >= 11 is 0. The average Bonchev–Trinajstić information content (AvgIpc) is 3.45. The number of methoxy groups -OCH3 is 2. The van der Waals surface area contributed by atoms with Crippen LogP contribution in [0.4, 0.5) is 4.39 Å². The first kappa shape index (κ1) is 17.3. The first-order chi connectivity index (χ1) is 12.1. The SMILES string of the molecule is COc1ccc(C(NC(=O)Cc2ccc(OC)c(F)c2)C2CC2)cc1. The lowest BCUT2D eigenvalue weighted by atomic mass is 10.0. The number of hydrogen-bond acceptors (Lipinski definition) is 3. The molecule has 3 rings (SSSR count). The number of nitrogens with one attached hydrogen (secondary N) is 1. The van der Waals surface area contributed by atoms with E-state index in [2.05, 4.69) is 5.32 Å². The Morgan fingerprint density at radius 1 is 1.16 bits per heavy atom. The van der Waals surface area contributed by atoms with Gasteiger partial charge in [-0.15, -0.1) is 0 Å². The van der Waals surface area contributed by atoms with Gasteiger partial charge in [0.05, 0.1) is 26.7 Å². The zero-order valence-electron chi connectivity index (χ0n) is 14.4. The molecule has 132 valence electrons. The van der Waals surface area contributed by atoms with Crippen LogP contribution in [0.3, 0.4) is 0 Å². The smallest absolute Gasteiger partial charge is 0.224 e. The van der Waals surface area contributed by atoms with E-state index in [4.69, 9.17) is 9.47 Å². The van der Waals surface area contributed by atoms with Crippen LogP contribution in [0.2, 0.25) is 0 Å². The van der Waals surface area contributed by atoms with Gasteiger partial charge in [-0.1, -0.05) is 18.2 Å². The Labute approximate surface area is 147 Å². The van der Waals surface area contributed by atoms with Crippen LogP contribution in [0.25, 0.3) is 0 Å². The summed E-state index contributed by atoms with van der Waals surface area (Å²) in [6.07, 6.45) is 2.35. The van der Waals surface area contributed by atoms with Crippen LogP contribution in [-0.2, 0) is 11.2 Å². The first-order valence-corrected chi connectivity index (χ1v) is 8.36. The lowest BCUT2D eigenvalue weighted by Gasteiger charge is -2.19. The van der Waals surface area contributed by atoms with Crippen LogP contribution in [0, 0.1) is 11.7 Å². The minimum Gasteiger partial charge on any atom is -0.497 e. The van der Waals surface area contributed by atoms with E-state index >= 15 is 0 Å². The van der Waals surface area contributed by atoms with Gasteiger partial charge in [-0.2, -0.15) is 0 Å². The quantitative estimate of drug-likeness (QED) is 0.835. The molecule has 0 aromatic heterocycles. The van der Waals surface area contributed by atoms with Gasteiger partial charge in [0.25, 0.3) is 0 Å². The monoisotopic (exact) mass is 343 g/mol. The van der Waals surface area contributed by atoms with Crippen molar-refractivity contribution in [2.75, 3.05) is 14.2 Å². The van der Waals surface area contributed by atoms with Crippen molar-refractivity contribution >= 4 is 5.91 Å². The Kier molecular flexibility index (Phi) is 5.22. The van der Waals surface area contributed by atoms with Crippen LogP contribution in [-0.4, -0.2) is 20.1 Å². The molecule has 0 spiro atoms. The summed E-state index contributed by atoms with van der Waals surface area (Å²) < 4.78 is 23.9. The van der Waals surface area contributed by atoms with Gasteiger partial charge < -0.3 is 14.8 Å². The van der Waals surface area contributed by atoms with Gasteiger partial charge in [-0.25, -0.2) is 4.39 Å². The molecule has 0 heterocycles. The number of benzene rings is 2. The molecule has 0 saturated heterocycles. The fraction of sp³-hybridized carbons (Fsp3) is 0.350. The highest BCUT2D eigenvalue weighted by molar-refractivity contribution is 5.79. The highest BCUT2D eigenvalue weighted by Crippen LogP contribution is 2.41. The van der Waals surface area contributed by atoms with Crippen molar-refractivity contribution in [2.24, 2.45) is 5.92 Å². The molecule has 1 saturated carbocycles. The van der Waals surface area contributed by atoms with Gasteiger partial charge in [0.1, 0.15) is 5.75 Å². The molecule has 2 aromatic carbocycles. The highest BCUT2D eigenvalue weighted by atomic mass is 19.1. The van der Waals surface area contributed by atoms with E-state index in [1.165, 1.54) is 13.2 Å². The zero-order valence-corrected chi connectivity index (χ0v) is 14.4. The largest absolute Gasteiger partial charge is 0.497 e. The van der Waals surface area contributed by atoms with Crippen LogP contribution in [0.1, 0.15) is 30.0 Å². The van der Waals surface area contributed by atoms with Gasteiger partial charge in [-0.3, -0.25) is 4.79 Å². The normalized spacial score (nSPS) is 14.7. The van der Waals surface area contributed by atoms with Crippen LogP contribution in [0.15, 0.2) is 42.5 Å². The summed E-state index contributed by atoms with van der Waals surface area (Å²) in [6, 6.07) is 12.3. The minimum absolute atomic E-state index is 0.0125. The second kappa shape index (κ2) is 7.55. The Morgan fingerprint density at radius 2 is 1.88 bits per heavy atom. The maximum absolute atomic E-state index is 13.8. The van der Waals surface area contributed by atoms with Crippen molar-refractivity contribution < 1.29 is 18.7 Å². The van der Waals surface area contributed by atoms with E-state index in [-0.39, 0.29) is 24.1 Å². The third-order valence-electron chi connectivity index (χ3n) is 4.47. The standard InChI is InChI=1S/C20H22FNO3/c1-24-16-8-6-15(7-9-16)20(14-4-5-14)22-19(23)12-13-3-10-18(25-2)17(21)11-13/h3,6-11,14,20H,4-5,12H2,1-2H3,(H,22,23). The number of hydrogen-bond donors (Lipinski definition) is 1. The molecule has 1 N–H and O–H groups in total. The first-order valence-electron chi connectivity index (χ1n) is 8.36. The van der Waals surface area contributed by atoms with Crippen molar-refractivity contribution in [1.29, 1.82) is 0 Å². The molecule has 5 heteroatoms. The summed E-state index contributed by atoms with van der Waals surface area (Å²) in [6.45, 7) is 0. The molecule has 4 nitrogen and oxygen atoms in total. The van der Waals surface area contributed by atoms with Crippen molar-refractivity contribution in [3.05, 3.63) is 59.4 Å². The topological polar surface area (TPSA) is 47.6 Å². The number of carbonyl (C=O) groups excluding carboxylic acids is 1. The van der Waals surface area contributed by atoms with Gasteiger partial charge in [0, 0.05) is 0 Å². The summed E-state index contributed by atoms with van der Waals surface area (Å²) in [4.78, 5) is 12.4. The maximum Gasteiger partial charge on any atom is 0.224 e. The Morgan fingerprint density at radius 3 is 2.44 bits per heavy atom. The molecule has 0 radical (unpaired) electrons. The lowest BCUT2D eigenvalue weighted by molar-refractivity contribution is -0.121. The summed E-state index contributed by atoms with van der Waals surface area (Å²) in [5, 5.41) is 3.10. The van der Waals surface area contributed by atoms with Crippen molar-refractivity contribution in [3.8, 4) is 11.5 Å². The highest BCUT2D eigenvalue weighted by Gasteiger charge is 2.33. The molecule has 0 aliphatic heterocycles. The Bertz CT molecular complexity index is 741. The van der Waals surface area contributed by atoms with Gasteiger partial charge >= 0.3 is 0 Å². The van der Waals surface area contributed by atoms with E-state index in [1.807, 2.05) is 24.3 Å². The molecule has 1 aliphatic rings. The van der Waals surface area contributed by atoms with Gasteiger partial charge in [-0.05, 0) is 54.2 Å². The van der Waals surface area contributed by atoms with Gasteiger partial charge in [0.2, 0.25) is 5.91 Å². The van der Waals surface area contributed by atoms with Gasteiger partial charge in [0.15, 0.2) is 11.6 Å². The molecule has 1 fully saturated rings. The fourth-order valence-corrected chi connectivity index (χ4v) is 2.94. The zero-order chi connectivity index (χ0) is 17.8. The molecule has 1 amide bonds. The maximum atomic E-state index is 13.8. The van der Waals surface area contributed by atoms with Crippen molar-refractivity contribution in [1.82, 2.24) is 5.32 Å². The molecule has 1 unspecified atom stereocenters. The predicted molar refractivity (Wildman–Crippen MR) is 93.3 cm³/mol. The molecule has 2 aromatic rings. The number of rotatable bonds is 7. The van der Waals surface area contributed by atoms with E-state index in [1.54, 1.807) is 19.2 Å². The predicted octanol–water partition coefficient (Wildman–Crippen LogP) is 3.65. The summed E-state index contributed by atoms with van der Waals surface area (Å²) in [5.41, 5.74) is 1.69. The number of halogens is 1. The van der Waals surface area contributed by atoms with E-state index < -0.39 is 5.82 Å². The number of carbonyl (C=O) groups is 1. The van der Waals surface area contributed by atoms with Crippen LogP contribution in [0.5, 0.6) is 11.5 Å². The Balaban J connectivity index is 1.67. The second-order valence-electron chi connectivity index (χ2n) is 6.30. The number of amides is 1.